The fourth-order valence-electron chi connectivity index (χ4n) is 2.08. The number of anilines is 1. The molecule has 1 aromatic carbocycles. The summed E-state index contributed by atoms with van der Waals surface area (Å²) in [5, 5.41) is 3.62. The summed E-state index contributed by atoms with van der Waals surface area (Å²) in [7, 11) is 0. The number of thioether (sulfide) groups is 1. The lowest BCUT2D eigenvalue weighted by Gasteiger charge is -2.06. The van der Waals surface area contributed by atoms with Crippen LogP contribution in [0.2, 0.25) is 5.02 Å². The first-order valence-corrected chi connectivity index (χ1v) is 8.43. The van der Waals surface area contributed by atoms with Crippen molar-refractivity contribution in [1.29, 1.82) is 0 Å². The highest BCUT2D eigenvalue weighted by atomic mass is 35.5. The predicted octanol–water partition coefficient (Wildman–Crippen LogP) is 2.78. The number of aryl methyl sites for hydroxylation is 1. The van der Waals surface area contributed by atoms with Gasteiger partial charge in [-0.1, -0.05) is 29.4 Å². The summed E-state index contributed by atoms with van der Waals surface area (Å²) in [6.45, 7) is 1.86. The molecule has 8 heteroatoms. The van der Waals surface area contributed by atoms with Crippen LogP contribution in [0.4, 0.5) is 5.69 Å². The minimum Gasteiger partial charge on any atom is -0.325 e. The number of nitrogens with one attached hydrogen (secondary N) is 1. The summed E-state index contributed by atoms with van der Waals surface area (Å²) < 4.78 is 1.38. The first-order chi connectivity index (χ1) is 11.5. The summed E-state index contributed by atoms with van der Waals surface area (Å²) >= 11 is 6.91. The number of benzene rings is 1. The van der Waals surface area contributed by atoms with E-state index in [4.69, 9.17) is 11.6 Å². The van der Waals surface area contributed by atoms with Crippen molar-refractivity contribution in [3.8, 4) is 0 Å². The van der Waals surface area contributed by atoms with Crippen molar-refractivity contribution in [2.45, 2.75) is 12.1 Å². The Morgan fingerprint density at radius 3 is 2.75 bits per heavy atom. The van der Waals surface area contributed by atoms with Gasteiger partial charge in [-0.05, 0) is 42.8 Å². The molecular formula is C16H13ClN4O2S. The highest BCUT2D eigenvalue weighted by Crippen LogP contribution is 2.16. The molecule has 0 aliphatic carbocycles. The van der Waals surface area contributed by atoms with E-state index in [1.54, 1.807) is 36.5 Å². The van der Waals surface area contributed by atoms with E-state index in [1.165, 1.54) is 4.40 Å². The van der Waals surface area contributed by atoms with E-state index < -0.39 is 5.69 Å². The van der Waals surface area contributed by atoms with Crippen LogP contribution in [0.1, 0.15) is 5.56 Å². The van der Waals surface area contributed by atoms with Gasteiger partial charge in [-0.2, -0.15) is 4.98 Å². The summed E-state index contributed by atoms with van der Waals surface area (Å²) in [6.07, 6.45) is 1.62. The van der Waals surface area contributed by atoms with Gasteiger partial charge in [0.05, 0.1) is 5.75 Å². The first kappa shape index (κ1) is 16.5. The lowest BCUT2D eigenvalue weighted by Crippen LogP contribution is -2.20. The monoisotopic (exact) mass is 360 g/mol. The fraction of sp³-hybridized carbons (Fsp3) is 0.125. The quantitative estimate of drug-likeness (QED) is 0.724. The average Bonchev–Trinajstić information content (AvgIpc) is 2.56. The maximum absolute atomic E-state index is 12.0. The van der Waals surface area contributed by atoms with Crippen LogP contribution in [0.25, 0.3) is 5.65 Å². The standard InChI is InChI=1S/C16H13ClN4O2S/c1-10-3-2-8-21-14(10)19-15(20-16(21)23)24-9-13(22)18-12-6-4-11(17)5-7-12/h2-8H,9H2,1H3,(H,18,22). The number of hydrogen-bond acceptors (Lipinski definition) is 5. The molecule has 2 heterocycles. The van der Waals surface area contributed by atoms with E-state index >= 15 is 0 Å². The van der Waals surface area contributed by atoms with Gasteiger partial charge in [-0.15, -0.1) is 0 Å². The van der Waals surface area contributed by atoms with Crippen molar-refractivity contribution < 1.29 is 4.79 Å². The largest absolute Gasteiger partial charge is 0.355 e. The summed E-state index contributed by atoms with van der Waals surface area (Å²) in [5.41, 5.74) is 1.65. The second-order valence-electron chi connectivity index (χ2n) is 5.02. The van der Waals surface area contributed by atoms with Crippen LogP contribution in [0.15, 0.2) is 52.5 Å². The number of hydrogen-bond donors (Lipinski definition) is 1. The molecule has 2 aromatic heterocycles. The Morgan fingerprint density at radius 1 is 1.25 bits per heavy atom. The minimum absolute atomic E-state index is 0.101. The Balaban J connectivity index is 1.71. The normalized spacial score (nSPS) is 10.8. The van der Waals surface area contributed by atoms with Crippen LogP contribution >= 0.6 is 23.4 Å². The summed E-state index contributed by atoms with van der Waals surface area (Å²) in [5.74, 6) is -0.111. The van der Waals surface area contributed by atoms with Crippen molar-refractivity contribution >= 4 is 40.6 Å². The molecule has 1 amide bonds. The smallest absolute Gasteiger partial charge is 0.325 e. The van der Waals surface area contributed by atoms with E-state index in [2.05, 4.69) is 15.3 Å². The number of carbonyl (C=O) groups is 1. The van der Waals surface area contributed by atoms with Gasteiger partial charge >= 0.3 is 5.69 Å². The van der Waals surface area contributed by atoms with Crippen molar-refractivity contribution in [2.75, 3.05) is 11.1 Å². The third kappa shape index (κ3) is 3.74. The van der Waals surface area contributed by atoms with Gasteiger partial charge in [0, 0.05) is 16.9 Å². The van der Waals surface area contributed by atoms with Crippen LogP contribution in [-0.4, -0.2) is 26.0 Å². The summed E-state index contributed by atoms with van der Waals surface area (Å²) in [4.78, 5) is 32.2. The number of pyridine rings is 1. The van der Waals surface area contributed by atoms with Gasteiger partial charge in [-0.25, -0.2) is 9.78 Å². The third-order valence-corrected chi connectivity index (χ3v) is 4.32. The maximum atomic E-state index is 12.0. The Bertz CT molecular complexity index is 956. The van der Waals surface area contributed by atoms with Crippen molar-refractivity contribution in [2.24, 2.45) is 0 Å². The Morgan fingerprint density at radius 2 is 2.00 bits per heavy atom. The highest BCUT2D eigenvalue weighted by molar-refractivity contribution is 7.99. The number of halogens is 1. The molecule has 24 heavy (non-hydrogen) atoms. The molecule has 0 radical (unpaired) electrons. The zero-order valence-electron chi connectivity index (χ0n) is 12.7. The van der Waals surface area contributed by atoms with Crippen LogP contribution in [-0.2, 0) is 4.79 Å². The Labute approximate surface area is 146 Å². The van der Waals surface area contributed by atoms with Crippen LogP contribution in [0.5, 0.6) is 0 Å². The predicted molar refractivity (Wildman–Crippen MR) is 94.8 cm³/mol. The maximum Gasteiger partial charge on any atom is 0.355 e. The van der Waals surface area contributed by atoms with Crippen LogP contribution < -0.4 is 11.0 Å². The number of aromatic nitrogens is 3. The van der Waals surface area contributed by atoms with E-state index in [0.29, 0.717) is 16.4 Å². The number of nitrogens with zero attached hydrogens (tertiary/aromatic N) is 3. The van der Waals surface area contributed by atoms with E-state index in [0.717, 1.165) is 17.3 Å². The van der Waals surface area contributed by atoms with Crippen molar-refractivity contribution in [3.63, 3.8) is 0 Å². The molecule has 0 aliphatic rings. The Kier molecular flexibility index (Phi) is 4.82. The van der Waals surface area contributed by atoms with Gasteiger partial charge in [0.2, 0.25) is 5.91 Å². The molecule has 0 atom stereocenters. The number of amides is 1. The molecule has 3 aromatic rings. The van der Waals surface area contributed by atoms with E-state index in [9.17, 15) is 9.59 Å². The zero-order chi connectivity index (χ0) is 17.1. The van der Waals surface area contributed by atoms with Gasteiger partial charge in [0.1, 0.15) is 5.65 Å². The topological polar surface area (TPSA) is 76.4 Å². The molecule has 3 rings (SSSR count). The number of rotatable bonds is 4. The van der Waals surface area contributed by atoms with Crippen LogP contribution in [0.3, 0.4) is 0 Å². The SMILES string of the molecule is Cc1cccn2c(=O)nc(SCC(=O)Nc3ccc(Cl)cc3)nc12. The van der Waals surface area contributed by atoms with Crippen molar-refractivity contribution in [3.05, 3.63) is 63.7 Å². The highest BCUT2D eigenvalue weighted by Gasteiger charge is 2.09. The van der Waals surface area contributed by atoms with E-state index in [-0.39, 0.29) is 16.8 Å². The second kappa shape index (κ2) is 7.02. The first-order valence-electron chi connectivity index (χ1n) is 7.07. The molecule has 0 unspecified atom stereocenters. The van der Waals surface area contributed by atoms with Crippen molar-refractivity contribution in [1.82, 2.24) is 14.4 Å². The third-order valence-electron chi connectivity index (χ3n) is 3.22. The lowest BCUT2D eigenvalue weighted by atomic mass is 10.3. The molecule has 122 valence electrons. The molecule has 0 saturated carbocycles. The van der Waals surface area contributed by atoms with Gasteiger partial charge < -0.3 is 5.32 Å². The molecule has 0 spiro atoms. The average molecular weight is 361 g/mol. The van der Waals surface area contributed by atoms with Gasteiger partial charge in [0.15, 0.2) is 5.16 Å². The van der Waals surface area contributed by atoms with Gasteiger partial charge in [-0.3, -0.25) is 9.20 Å². The number of fused-ring (bicyclic) bond motifs is 1. The Hall–Kier alpha value is -2.38. The van der Waals surface area contributed by atoms with Gasteiger partial charge in [0.25, 0.3) is 0 Å². The number of carbonyl (C=O) groups excluding carboxylic acids is 1. The molecule has 0 fully saturated rings. The summed E-state index contributed by atoms with van der Waals surface area (Å²) in [6, 6.07) is 10.4. The minimum atomic E-state index is -0.413. The fourth-order valence-corrected chi connectivity index (χ4v) is 2.83. The molecule has 0 aliphatic heterocycles. The molecule has 0 bridgehead atoms. The lowest BCUT2D eigenvalue weighted by molar-refractivity contribution is -0.113. The van der Waals surface area contributed by atoms with E-state index in [1.807, 2.05) is 13.0 Å². The molecular weight excluding hydrogens is 348 g/mol. The van der Waals surface area contributed by atoms with Crippen LogP contribution in [0, 0.1) is 6.92 Å². The second-order valence-corrected chi connectivity index (χ2v) is 6.40. The molecule has 0 saturated heterocycles. The zero-order valence-corrected chi connectivity index (χ0v) is 14.3. The molecule has 1 N–H and O–H groups in total. The molecule has 6 nitrogen and oxygen atoms in total.